The fourth-order valence-corrected chi connectivity index (χ4v) is 3.72. The van der Waals surface area contributed by atoms with Crippen LogP contribution in [0, 0.1) is 5.41 Å². The van der Waals surface area contributed by atoms with E-state index in [4.69, 9.17) is 49.7 Å². The number of nitrogens with one attached hydrogen (secondary N) is 1. The smallest absolute Gasteiger partial charge is 0.265 e. The topological polar surface area (TPSA) is 42.3 Å². The molecule has 1 N–H and O–H groups in total. The van der Waals surface area contributed by atoms with Crippen LogP contribution >= 0.6 is 46.6 Å². The maximum Gasteiger partial charge on any atom is 0.265 e. The summed E-state index contributed by atoms with van der Waals surface area (Å²) >= 11 is 18.8. The number of halogens is 3. The standard InChI is InChI=1S/C20H18Cl3NO2S/c1-3-13-19(14-26-18(24)20(21,22)23,27-17-7-5-4-6-8-17)15-9-11-16(25-2)12-10-15/h4-13,24H,1,14H2,2H3. The molecule has 27 heavy (non-hydrogen) atoms. The van der Waals surface area contributed by atoms with Crippen LogP contribution in [0.2, 0.25) is 0 Å². The Morgan fingerprint density at radius 3 is 2.30 bits per heavy atom. The zero-order chi connectivity index (χ0) is 19.9. The third kappa shape index (κ3) is 5.97. The van der Waals surface area contributed by atoms with Crippen molar-refractivity contribution >= 4 is 52.5 Å². The number of benzene rings is 2. The Morgan fingerprint density at radius 2 is 1.78 bits per heavy atom. The van der Waals surface area contributed by atoms with Gasteiger partial charge in [-0.25, -0.2) is 0 Å². The van der Waals surface area contributed by atoms with Crippen LogP contribution in [0.3, 0.4) is 0 Å². The molecule has 0 amide bonds. The maximum absolute atomic E-state index is 7.86. The van der Waals surface area contributed by atoms with Crippen LogP contribution in [0.25, 0.3) is 0 Å². The van der Waals surface area contributed by atoms with Gasteiger partial charge >= 0.3 is 0 Å². The fourth-order valence-electron chi connectivity index (χ4n) is 2.32. The second kappa shape index (κ2) is 9.59. The molecule has 1 atom stereocenters. The van der Waals surface area contributed by atoms with Gasteiger partial charge in [0.05, 0.1) is 7.11 Å². The van der Waals surface area contributed by atoms with E-state index in [-0.39, 0.29) is 6.61 Å². The molecule has 2 aromatic carbocycles. The molecule has 0 aliphatic carbocycles. The minimum Gasteiger partial charge on any atom is -0.497 e. The Hall–Kier alpha value is -1.55. The molecule has 0 saturated carbocycles. The van der Waals surface area contributed by atoms with E-state index in [9.17, 15) is 0 Å². The lowest BCUT2D eigenvalue weighted by Crippen LogP contribution is -2.31. The number of rotatable bonds is 7. The van der Waals surface area contributed by atoms with Crippen molar-refractivity contribution in [3.63, 3.8) is 0 Å². The van der Waals surface area contributed by atoms with Crippen molar-refractivity contribution in [2.45, 2.75) is 13.4 Å². The molecule has 0 aromatic heterocycles. The Bertz CT molecular complexity index is 815. The molecule has 7 heteroatoms. The summed E-state index contributed by atoms with van der Waals surface area (Å²) in [5.41, 5.74) is 3.75. The molecule has 2 rings (SSSR count). The van der Waals surface area contributed by atoms with Crippen LogP contribution in [0.5, 0.6) is 5.75 Å². The Morgan fingerprint density at radius 1 is 1.15 bits per heavy atom. The van der Waals surface area contributed by atoms with Gasteiger partial charge in [0.2, 0.25) is 5.90 Å². The number of ether oxygens (including phenoxy) is 2. The summed E-state index contributed by atoms with van der Waals surface area (Å²) in [5.74, 6) is 0.284. The molecule has 2 aromatic rings. The average molecular weight is 443 g/mol. The number of hydrogen-bond donors (Lipinski definition) is 1. The first-order valence-electron chi connectivity index (χ1n) is 7.85. The van der Waals surface area contributed by atoms with E-state index in [0.717, 1.165) is 16.2 Å². The van der Waals surface area contributed by atoms with Gasteiger partial charge in [-0.2, -0.15) is 0 Å². The first-order chi connectivity index (χ1) is 12.8. The monoisotopic (exact) mass is 441 g/mol. The molecular weight excluding hydrogens is 425 g/mol. The largest absolute Gasteiger partial charge is 0.497 e. The van der Waals surface area contributed by atoms with Crippen molar-refractivity contribution in [1.82, 2.24) is 0 Å². The van der Waals surface area contributed by atoms with Gasteiger partial charge in [0.1, 0.15) is 17.1 Å². The summed E-state index contributed by atoms with van der Waals surface area (Å²) in [4.78, 5) is 1.00. The highest BCUT2D eigenvalue weighted by molar-refractivity contribution is 8.00. The van der Waals surface area contributed by atoms with Gasteiger partial charge in [-0.15, -0.1) is 17.5 Å². The number of alkyl halides is 3. The predicted octanol–water partition coefficient (Wildman–Crippen LogP) is 6.39. The molecule has 1 unspecified atom stereocenters. The van der Waals surface area contributed by atoms with E-state index in [1.54, 1.807) is 13.2 Å². The van der Waals surface area contributed by atoms with Gasteiger partial charge in [-0.1, -0.05) is 71.7 Å². The molecule has 3 nitrogen and oxygen atoms in total. The molecule has 0 bridgehead atoms. The molecule has 142 valence electrons. The number of hydrogen-bond acceptors (Lipinski definition) is 4. The predicted molar refractivity (Wildman–Crippen MR) is 115 cm³/mol. The highest BCUT2D eigenvalue weighted by Gasteiger charge is 2.36. The lowest BCUT2D eigenvalue weighted by Gasteiger charge is -2.31. The second-order valence-corrected chi connectivity index (χ2v) is 9.18. The molecule has 0 saturated heterocycles. The van der Waals surface area contributed by atoms with Gasteiger partial charge in [0.25, 0.3) is 3.79 Å². The summed E-state index contributed by atoms with van der Waals surface area (Å²) in [6.07, 6.45) is 1.79. The van der Waals surface area contributed by atoms with Crippen LogP contribution in [0.4, 0.5) is 0 Å². The van der Waals surface area contributed by atoms with Crippen molar-refractivity contribution in [2.75, 3.05) is 13.7 Å². The number of thioether (sulfide) groups is 1. The third-order valence-corrected chi connectivity index (χ3v) is 5.50. The van der Waals surface area contributed by atoms with Crippen molar-refractivity contribution in [3.8, 4) is 5.75 Å². The van der Waals surface area contributed by atoms with E-state index in [2.05, 4.69) is 12.3 Å². The van der Waals surface area contributed by atoms with Gasteiger partial charge in [-0.05, 0) is 35.9 Å². The van der Waals surface area contributed by atoms with E-state index in [1.807, 2.05) is 54.6 Å². The minimum atomic E-state index is -1.93. The lowest BCUT2D eigenvalue weighted by molar-refractivity contribution is 0.273. The molecule has 0 aliphatic rings. The molecule has 0 radical (unpaired) electrons. The quantitative estimate of drug-likeness (QED) is 0.178. The third-order valence-electron chi connectivity index (χ3n) is 3.65. The van der Waals surface area contributed by atoms with Crippen LogP contribution in [0.1, 0.15) is 5.56 Å². The second-order valence-electron chi connectivity index (χ2n) is 5.50. The molecule has 0 spiro atoms. The van der Waals surface area contributed by atoms with E-state index >= 15 is 0 Å². The summed E-state index contributed by atoms with van der Waals surface area (Å²) in [6.45, 7) is 3.77. The van der Waals surface area contributed by atoms with Crippen LogP contribution in [0.15, 0.2) is 77.9 Å². The Balaban J connectivity index is 2.45. The van der Waals surface area contributed by atoms with Crippen LogP contribution in [-0.2, 0) is 9.48 Å². The van der Waals surface area contributed by atoms with Gasteiger partial charge in [-0.3, -0.25) is 5.41 Å². The van der Waals surface area contributed by atoms with Crippen LogP contribution < -0.4 is 4.74 Å². The number of methoxy groups -OCH3 is 1. The molecule has 0 fully saturated rings. The summed E-state index contributed by atoms with van der Waals surface area (Å²) < 4.78 is 8.12. The maximum atomic E-state index is 7.86. The van der Waals surface area contributed by atoms with Crippen LogP contribution in [-0.4, -0.2) is 23.4 Å². The van der Waals surface area contributed by atoms with Crippen molar-refractivity contribution in [2.24, 2.45) is 0 Å². The van der Waals surface area contributed by atoms with Gasteiger partial charge in [0.15, 0.2) is 0 Å². The minimum absolute atomic E-state index is 0.0498. The zero-order valence-corrected chi connectivity index (χ0v) is 17.6. The van der Waals surface area contributed by atoms with E-state index in [1.165, 1.54) is 11.8 Å². The van der Waals surface area contributed by atoms with E-state index < -0.39 is 14.4 Å². The van der Waals surface area contributed by atoms with E-state index in [0.29, 0.717) is 0 Å². The highest BCUT2D eigenvalue weighted by Crippen LogP contribution is 2.44. The highest BCUT2D eigenvalue weighted by atomic mass is 35.6. The van der Waals surface area contributed by atoms with Gasteiger partial charge in [0, 0.05) is 4.90 Å². The molecular formula is C20H18Cl3NO2S. The summed E-state index contributed by atoms with van der Waals surface area (Å²) in [7, 11) is 1.61. The summed E-state index contributed by atoms with van der Waals surface area (Å²) in [5, 5.41) is 7.86. The first-order valence-corrected chi connectivity index (χ1v) is 9.80. The SMILES string of the molecule is C=C=CC(COC(=N)C(Cl)(Cl)Cl)(Sc1ccccc1)c1ccc(OC)cc1. The normalized spacial score (nSPS) is 13.2. The van der Waals surface area contributed by atoms with Gasteiger partial charge < -0.3 is 9.47 Å². The van der Waals surface area contributed by atoms with Crippen molar-refractivity contribution in [1.29, 1.82) is 5.41 Å². The average Bonchev–Trinajstić information content (AvgIpc) is 2.66. The Labute approximate surface area is 178 Å². The molecule has 0 aliphatic heterocycles. The Kier molecular flexibility index (Phi) is 7.72. The lowest BCUT2D eigenvalue weighted by atomic mass is 9.98. The fraction of sp³-hybridized carbons (Fsp3) is 0.200. The van der Waals surface area contributed by atoms with Crippen molar-refractivity contribution in [3.05, 3.63) is 78.5 Å². The summed E-state index contributed by atoms with van der Waals surface area (Å²) in [6, 6.07) is 17.4. The first kappa shape index (κ1) is 21.7. The van der Waals surface area contributed by atoms with Crippen molar-refractivity contribution < 1.29 is 9.47 Å². The zero-order valence-electron chi connectivity index (χ0n) is 14.5. The molecule has 0 heterocycles.